The molecule has 1 amide bonds. The topological polar surface area (TPSA) is 69.0 Å². The van der Waals surface area contributed by atoms with Crippen molar-refractivity contribution in [2.24, 2.45) is 0 Å². The standard InChI is InChI=1S/C30H27ClN4O2S/c1-2-37-26-13-7-21(8-14-26)17-33-29(36)24-9-3-22(4-10-24)19-35-28-18-32-16-15-27(28)34-30(35)38-20-23-5-11-25(31)12-6-23/h3-16,18H,2,17,19-20H2,1H3,(H,33,36). The Balaban J connectivity index is 1.25. The van der Waals surface area contributed by atoms with E-state index in [9.17, 15) is 4.79 Å². The number of nitrogens with zero attached hydrogens (tertiary/aromatic N) is 3. The minimum absolute atomic E-state index is 0.109. The van der Waals surface area contributed by atoms with Gasteiger partial charge in [0.15, 0.2) is 5.16 Å². The van der Waals surface area contributed by atoms with Gasteiger partial charge in [0.25, 0.3) is 5.91 Å². The zero-order valence-electron chi connectivity index (χ0n) is 20.9. The summed E-state index contributed by atoms with van der Waals surface area (Å²) < 4.78 is 7.64. The fraction of sp³-hybridized carbons (Fsp3) is 0.167. The lowest BCUT2D eigenvalue weighted by Gasteiger charge is -2.10. The third-order valence-corrected chi connectivity index (χ3v) is 7.34. The number of benzene rings is 3. The number of imidazole rings is 1. The summed E-state index contributed by atoms with van der Waals surface area (Å²) in [4.78, 5) is 21.9. The van der Waals surface area contributed by atoms with Gasteiger partial charge in [0, 0.05) is 29.1 Å². The van der Waals surface area contributed by atoms with Crippen LogP contribution in [0.3, 0.4) is 0 Å². The maximum atomic E-state index is 12.7. The number of nitrogens with one attached hydrogen (secondary N) is 1. The van der Waals surface area contributed by atoms with Crippen LogP contribution in [0.2, 0.25) is 5.02 Å². The summed E-state index contributed by atoms with van der Waals surface area (Å²) in [6.45, 7) is 3.66. The number of carbonyl (C=O) groups excluding carboxylic acids is 1. The first-order valence-electron chi connectivity index (χ1n) is 12.4. The molecule has 0 spiro atoms. The average Bonchev–Trinajstić information content (AvgIpc) is 3.30. The minimum Gasteiger partial charge on any atom is -0.494 e. The van der Waals surface area contributed by atoms with Crippen LogP contribution in [0.25, 0.3) is 11.0 Å². The number of fused-ring (bicyclic) bond motifs is 1. The molecule has 8 heteroatoms. The first kappa shape index (κ1) is 25.8. The maximum absolute atomic E-state index is 12.7. The molecule has 0 aliphatic rings. The quantitative estimate of drug-likeness (QED) is 0.198. The van der Waals surface area contributed by atoms with Crippen LogP contribution in [0.15, 0.2) is 96.4 Å². The van der Waals surface area contributed by atoms with E-state index in [4.69, 9.17) is 21.3 Å². The molecule has 0 fully saturated rings. The summed E-state index contributed by atoms with van der Waals surface area (Å²) in [6, 6.07) is 25.2. The Kier molecular flexibility index (Phi) is 8.26. The van der Waals surface area contributed by atoms with E-state index in [1.54, 1.807) is 18.0 Å². The van der Waals surface area contributed by atoms with E-state index in [0.717, 1.165) is 43.8 Å². The van der Waals surface area contributed by atoms with Crippen molar-refractivity contribution in [3.63, 3.8) is 0 Å². The smallest absolute Gasteiger partial charge is 0.251 e. The van der Waals surface area contributed by atoms with E-state index in [2.05, 4.69) is 14.9 Å². The molecule has 5 rings (SSSR count). The van der Waals surface area contributed by atoms with Gasteiger partial charge in [-0.2, -0.15) is 0 Å². The number of hydrogen-bond acceptors (Lipinski definition) is 5. The average molecular weight is 543 g/mol. The first-order chi connectivity index (χ1) is 18.6. The van der Waals surface area contributed by atoms with Gasteiger partial charge in [-0.15, -0.1) is 0 Å². The molecule has 6 nitrogen and oxygen atoms in total. The van der Waals surface area contributed by atoms with Gasteiger partial charge < -0.3 is 14.6 Å². The fourth-order valence-electron chi connectivity index (χ4n) is 4.04. The van der Waals surface area contributed by atoms with E-state index in [-0.39, 0.29) is 5.91 Å². The SMILES string of the molecule is CCOc1ccc(CNC(=O)c2ccc(Cn3c(SCc4ccc(Cl)cc4)nc4ccncc43)cc2)cc1. The van der Waals surface area contributed by atoms with Crippen LogP contribution in [-0.2, 0) is 18.8 Å². The molecule has 38 heavy (non-hydrogen) atoms. The molecule has 2 heterocycles. The Morgan fingerprint density at radius 1 is 0.947 bits per heavy atom. The predicted molar refractivity (Wildman–Crippen MR) is 153 cm³/mol. The van der Waals surface area contributed by atoms with Crippen LogP contribution >= 0.6 is 23.4 Å². The summed E-state index contributed by atoms with van der Waals surface area (Å²) in [5.74, 6) is 1.49. The van der Waals surface area contributed by atoms with Crippen LogP contribution in [0, 0.1) is 0 Å². The fourth-order valence-corrected chi connectivity index (χ4v) is 5.13. The molecule has 2 aromatic heterocycles. The molecule has 192 valence electrons. The molecule has 5 aromatic rings. The van der Waals surface area contributed by atoms with E-state index in [1.165, 1.54) is 5.56 Å². The number of halogens is 1. The molecule has 0 atom stereocenters. The lowest BCUT2D eigenvalue weighted by Crippen LogP contribution is -2.22. The van der Waals surface area contributed by atoms with Crippen molar-refractivity contribution in [2.45, 2.75) is 30.9 Å². The van der Waals surface area contributed by atoms with Gasteiger partial charge in [0.05, 0.1) is 30.4 Å². The lowest BCUT2D eigenvalue weighted by molar-refractivity contribution is 0.0951. The Morgan fingerprint density at radius 2 is 1.66 bits per heavy atom. The third-order valence-electron chi connectivity index (χ3n) is 6.04. The first-order valence-corrected chi connectivity index (χ1v) is 13.7. The van der Waals surface area contributed by atoms with Crippen molar-refractivity contribution in [3.8, 4) is 5.75 Å². The van der Waals surface area contributed by atoms with Crippen molar-refractivity contribution in [2.75, 3.05) is 6.61 Å². The van der Waals surface area contributed by atoms with Crippen LogP contribution in [-0.4, -0.2) is 27.0 Å². The highest BCUT2D eigenvalue weighted by atomic mass is 35.5. The monoisotopic (exact) mass is 542 g/mol. The second-order valence-corrected chi connectivity index (χ2v) is 10.1. The lowest BCUT2D eigenvalue weighted by atomic mass is 10.1. The van der Waals surface area contributed by atoms with E-state index < -0.39 is 0 Å². The number of aromatic nitrogens is 3. The molecule has 0 radical (unpaired) electrons. The highest BCUT2D eigenvalue weighted by Gasteiger charge is 2.13. The summed E-state index contributed by atoms with van der Waals surface area (Å²) in [7, 11) is 0. The molecule has 0 bridgehead atoms. The largest absolute Gasteiger partial charge is 0.494 e. The zero-order chi connectivity index (χ0) is 26.3. The van der Waals surface area contributed by atoms with Crippen molar-refractivity contribution >= 4 is 40.3 Å². The van der Waals surface area contributed by atoms with Crippen LogP contribution in [0.4, 0.5) is 0 Å². The van der Waals surface area contributed by atoms with Gasteiger partial charge in [-0.1, -0.05) is 59.8 Å². The summed E-state index contributed by atoms with van der Waals surface area (Å²) in [5.41, 5.74) is 5.77. The number of thioether (sulfide) groups is 1. The second kappa shape index (κ2) is 12.2. The van der Waals surface area contributed by atoms with Crippen LogP contribution in [0.1, 0.15) is 34.0 Å². The number of hydrogen-bond donors (Lipinski definition) is 1. The van der Waals surface area contributed by atoms with E-state index >= 15 is 0 Å². The molecule has 0 saturated carbocycles. The highest BCUT2D eigenvalue weighted by molar-refractivity contribution is 7.98. The number of amides is 1. The van der Waals surface area contributed by atoms with Crippen molar-refractivity contribution in [1.82, 2.24) is 19.9 Å². The van der Waals surface area contributed by atoms with Gasteiger partial charge in [-0.25, -0.2) is 4.98 Å². The van der Waals surface area contributed by atoms with Crippen molar-refractivity contribution in [1.29, 1.82) is 0 Å². The maximum Gasteiger partial charge on any atom is 0.251 e. The Morgan fingerprint density at radius 3 is 2.39 bits per heavy atom. The Labute approximate surface area is 231 Å². The van der Waals surface area contributed by atoms with Gasteiger partial charge in [-0.05, 0) is 66.1 Å². The summed E-state index contributed by atoms with van der Waals surface area (Å²) >= 11 is 7.71. The van der Waals surface area contributed by atoms with Gasteiger partial charge >= 0.3 is 0 Å². The highest BCUT2D eigenvalue weighted by Crippen LogP contribution is 2.28. The molecule has 0 aliphatic heterocycles. The Bertz CT molecular complexity index is 1520. The number of pyridine rings is 1. The number of rotatable bonds is 10. The van der Waals surface area contributed by atoms with E-state index in [1.807, 2.05) is 92.0 Å². The Hall–Kier alpha value is -3.81. The van der Waals surface area contributed by atoms with Crippen LogP contribution in [0.5, 0.6) is 5.75 Å². The predicted octanol–water partition coefficient (Wildman–Crippen LogP) is 6.75. The van der Waals surface area contributed by atoms with Gasteiger partial charge in [0.1, 0.15) is 5.75 Å². The molecule has 1 N–H and O–H groups in total. The molecular weight excluding hydrogens is 516 g/mol. The second-order valence-electron chi connectivity index (χ2n) is 8.72. The number of carbonyl (C=O) groups is 1. The minimum atomic E-state index is -0.109. The molecule has 0 unspecified atom stereocenters. The third kappa shape index (κ3) is 6.36. The molecular formula is C30H27ClN4O2S. The molecule has 3 aromatic carbocycles. The van der Waals surface area contributed by atoms with Crippen LogP contribution < -0.4 is 10.1 Å². The number of ether oxygens (including phenoxy) is 1. The normalized spacial score (nSPS) is 11.0. The zero-order valence-corrected chi connectivity index (χ0v) is 22.5. The van der Waals surface area contributed by atoms with Gasteiger partial charge in [-0.3, -0.25) is 9.78 Å². The van der Waals surface area contributed by atoms with Crippen molar-refractivity contribution in [3.05, 3.63) is 119 Å². The van der Waals surface area contributed by atoms with Crippen molar-refractivity contribution < 1.29 is 9.53 Å². The van der Waals surface area contributed by atoms with Gasteiger partial charge in [0.2, 0.25) is 0 Å². The summed E-state index contributed by atoms with van der Waals surface area (Å²) in [6.07, 6.45) is 3.60. The molecule has 0 aliphatic carbocycles. The molecule has 0 saturated heterocycles. The summed E-state index contributed by atoms with van der Waals surface area (Å²) in [5, 5.41) is 4.63. The van der Waals surface area contributed by atoms with E-state index in [0.29, 0.717) is 25.3 Å².